The molecule has 4 heteroatoms. The van der Waals surface area contributed by atoms with Crippen LogP contribution in [0.15, 0.2) is 27.1 Å². The van der Waals surface area contributed by atoms with E-state index in [4.69, 9.17) is 4.74 Å². The summed E-state index contributed by atoms with van der Waals surface area (Å²) in [4.78, 5) is 4.48. The SMILES string of the molecule is COc1c(Br)cc(Br)c2ccc(C)nc12. The first-order valence-electron chi connectivity index (χ1n) is 4.43. The van der Waals surface area contributed by atoms with Gasteiger partial charge in [0.25, 0.3) is 0 Å². The molecule has 78 valence electrons. The summed E-state index contributed by atoms with van der Waals surface area (Å²) in [7, 11) is 1.65. The minimum Gasteiger partial charge on any atom is -0.493 e. The summed E-state index contributed by atoms with van der Waals surface area (Å²) in [6, 6.07) is 6.00. The fourth-order valence-corrected chi connectivity index (χ4v) is 2.92. The number of ether oxygens (including phenoxy) is 1. The normalized spacial score (nSPS) is 10.7. The number of pyridine rings is 1. The largest absolute Gasteiger partial charge is 0.493 e. The third-order valence-electron chi connectivity index (χ3n) is 2.18. The number of rotatable bonds is 1. The zero-order valence-corrected chi connectivity index (χ0v) is 11.5. The molecule has 0 saturated carbocycles. The average Bonchev–Trinajstić information content (AvgIpc) is 2.17. The summed E-state index contributed by atoms with van der Waals surface area (Å²) in [6.07, 6.45) is 0. The predicted octanol–water partition coefficient (Wildman–Crippen LogP) is 4.08. The zero-order chi connectivity index (χ0) is 11.0. The molecule has 0 radical (unpaired) electrons. The van der Waals surface area contributed by atoms with Crippen molar-refractivity contribution in [2.24, 2.45) is 0 Å². The van der Waals surface area contributed by atoms with Gasteiger partial charge < -0.3 is 4.74 Å². The van der Waals surface area contributed by atoms with Crippen LogP contribution < -0.4 is 4.74 Å². The lowest BCUT2D eigenvalue weighted by molar-refractivity contribution is 0.416. The molecule has 15 heavy (non-hydrogen) atoms. The van der Waals surface area contributed by atoms with E-state index in [9.17, 15) is 0 Å². The maximum Gasteiger partial charge on any atom is 0.159 e. The second kappa shape index (κ2) is 4.10. The Kier molecular flexibility index (Phi) is 2.98. The lowest BCUT2D eigenvalue weighted by atomic mass is 10.2. The molecule has 1 heterocycles. The number of halogens is 2. The van der Waals surface area contributed by atoms with Crippen molar-refractivity contribution in [3.05, 3.63) is 32.8 Å². The van der Waals surface area contributed by atoms with Gasteiger partial charge in [0, 0.05) is 15.6 Å². The summed E-state index contributed by atoms with van der Waals surface area (Å²) in [5.74, 6) is 0.775. The molecule has 0 bridgehead atoms. The molecule has 2 aromatic rings. The van der Waals surface area contributed by atoms with Crippen LogP contribution in [0.2, 0.25) is 0 Å². The fourth-order valence-electron chi connectivity index (χ4n) is 1.48. The lowest BCUT2D eigenvalue weighted by Gasteiger charge is -2.09. The van der Waals surface area contributed by atoms with E-state index < -0.39 is 0 Å². The van der Waals surface area contributed by atoms with E-state index >= 15 is 0 Å². The summed E-state index contributed by atoms with van der Waals surface area (Å²) in [5.41, 5.74) is 1.85. The van der Waals surface area contributed by atoms with Crippen LogP contribution in [0.3, 0.4) is 0 Å². The van der Waals surface area contributed by atoms with Crippen LogP contribution >= 0.6 is 31.9 Å². The van der Waals surface area contributed by atoms with Crippen molar-refractivity contribution < 1.29 is 4.74 Å². The first-order valence-corrected chi connectivity index (χ1v) is 6.01. The fraction of sp³-hybridized carbons (Fsp3) is 0.182. The van der Waals surface area contributed by atoms with Gasteiger partial charge in [-0.1, -0.05) is 15.9 Å². The molecule has 0 spiro atoms. The van der Waals surface area contributed by atoms with Gasteiger partial charge in [-0.3, -0.25) is 0 Å². The number of aryl methyl sites for hydroxylation is 1. The third-order valence-corrected chi connectivity index (χ3v) is 3.43. The highest BCUT2D eigenvalue weighted by Gasteiger charge is 2.11. The highest BCUT2D eigenvalue weighted by atomic mass is 79.9. The summed E-state index contributed by atoms with van der Waals surface area (Å²) >= 11 is 6.97. The summed E-state index contributed by atoms with van der Waals surface area (Å²) in [5, 5.41) is 1.06. The first kappa shape index (κ1) is 10.9. The molecular formula is C11H9Br2NO. The molecular weight excluding hydrogens is 322 g/mol. The molecule has 2 rings (SSSR count). The van der Waals surface area contributed by atoms with Gasteiger partial charge in [0.1, 0.15) is 5.52 Å². The molecule has 0 atom stereocenters. The van der Waals surface area contributed by atoms with Crippen LogP contribution in [0.5, 0.6) is 5.75 Å². The number of nitrogens with zero attached hydrogens (tertiary/aromatic N) is 1. The van der Waals surface area contributed by atoms with Crippen molar-refractivity contribution in [1.29, 1.82) is 0 Å². The van der Waals surface area contributed by atoms with Gasteiger partial charge in [0.15, 0.2) is 5.75 Å². The number of hydrogen-bond donors (Lipinski definition) is 0. The average molecular weight is 331 g/mol. The van der Waals surface area contributed by atoms with Gasteiger partial charge >= 0.3 is 0 Å². The van der Waals surface area contributed by atoms with Crippen LogP contribution in [-0.4, -0.2) is 12.1 Å². The van der Waals surface area contributed by atoms with Crippen LogP contribution in [0.25, 0.3) is 10.9 Å². The molecule has 2 nitrogen and oxygen atoms in total. The van der Waals surface area contributed by atoms with Crippen LogP contribution in [0.1, 0.15) is 5.69 Å². The van der Waals surface area contributed by atoms with Gasteiger partial charge in [0.05, 0.1) is 11.6 Å². The summed E-state index contributed by atoms with van der Waals surface area (Å²) in [6.45, 7) is 1.97. The molecule has 0 saturated heterocycles. The van der Waals surface area contributed by atoms with Crippen LogP contribution in [0.4, 0.5) is 0 Å². The highest BCUT2D eigenvalue weighted by Crippen LogP contribution is 2.37. The van der Waals surface area contributed by atoms with Crippen molar-refractivity contribution >= 4 is 42.8 Å². The molecule has 0 aliphatic rings. The number of hydrogen-bond acceptors (Lipinski definition) is 2. The third kappa shape index (κ3) is 1.88. The van der Waals surface area contributed by atoms with E-state index in [2.05, 4.69) is 36.8 Å². The molecule has 0 fully saturated rings. The van der Waals surface area contributed by atoms with Gasteiger partial charge in [-0.25, -0.2) is 4.98 Å². The van der Waals surface area contributed by atoms with E-state index in [0.29, 0.717) is 0 Å². The summed E-state index contributed by atoms with van der Waals surface area (Å²) < 4.78 is 7.25. The van der Waals surface area contributed by atoms with Crippen molar-refractivity contribution in [3.8, 4) is 5.75 Å². The second-order valence-electron chi connectivity index (χ2n) is 3.22. The Balaban J connectivity index is 2.91. The quantitative estimate of drug-likeness (QED) is 0.786. The maximum atomic E-state index is 5.34. The van der Waals surface area contributed by atoms with Crippen molar-refractivity contribution in [2.45, 2.75) is 6.92 Å². The number of aromatic nitrogens is 1. The standard InChI is InChI=1S/C11H9Br2NO/c1-6-3-4-7-8(12)5-9(13)11(15-2)10(7)14-6/h3-5H,1-2H3. The Morgan fingerprint density at radius 2 is 1.93 bits per heavy atom. The second-order valence-corrected chi connectivity index (χ2v) is 4.93. The molecule has 1 aromatic heterocycles. The molecule has 0 unspecified atom stereocenters. The Morgan fingerprint density at radius 3 is 2.60 bits per heavy atom. The van der Waals surface area contributed by atoms with Gasteiger partial charge in [0.2, 0.25) is 0 Å². The van der Waals surface area contributed by atoms with E-state index in [1.807, 2.05) is 25.1 Å². The van der Waals surface area contributed by atoms with E-state index in [1.165, 1.54) is 0 Å². The van der Waals surface area contributed by atoms with Crippen molar-refractivity contribution in [1.82, 2.24) is 4.98 Å². The Morgan fingerprint density at radius 1 is 1.20 bits per heavy atom. The van der Waals surface area contributed by atoms with Crippen molar-refractivity contribution in [2.75, 3.05) is 7.11 Å². The number of fused-ring (bicyclic) bond motifs is 1. The molecule has 1 aromatic carbocycles. The van der Waals surface area contributed by atoms with Crippen molar-refractivity contribution in [3.63, 3.8) is 0 Å². The topological polar surface area (TPSA) is 22.1 Å². The minimum absolute atomic E-state index is 0.775. The predicted molar refractivity (Wildman–Crippen MR) is 68.4 cm³/mol. The maximum absolute atomic E-state index is 5.34. The minimum atomic E-state index is 0.775. The number of benzene rings is 1. The van der Waals surface area contributed by atoms with E-state index in [0.717, 1.165) is 31.3 Å². The molecule has 0 N–H and O–H groups in total. The van der Waals surface area contributed by atoms with Gasteiger partial charge in [-0.05, 0) is 41.1 Å². The highest BCUT2D eigenvalue weighted by molar-refractivity contribution is 9.11. The first-order chi connectivity index (χ1) is 7.13. The van der Waals surface area contributed by atoms with E-state index in [-0.39, 0.29) is 0 Å². The van der Waals surface area contributed by atoms with Crippen LogP contribution in [0, 0.1) is 6.92 Å². The lowest BCUT2D eigenvalue weighted by Crippen LogP contribution is -1.91. The van der Waals surface area contributed by atoms with E-state index in [1.54, 1.807) is 7.11 Å². The number of methoxy groups -OCH3 is 1. The zero-order valence-electron chi connectivity index (χ0n) is 8.34. The Bertz CT molecular complexity index is 525. The molecule has 0 aliphatic carbocycles. The Hall–Kier alpha value is -0.610. The molecule has 0 aliphatic heterocycles. The van der Waals surface area contributed by atoms with Crippen LogP contribution in [-0.2, 0) is 0 Å². The molecule has 0 amide bonds. The van der Waals surface area contributed by atoms with Gasteiger partial charge in [-0.15, -0.1) is 0 Å². The van der Waals surface area contributed by atoms with Gasteiger partial charge in [-0.2, -0.15) is 0 Å². The Labute approximate surface area is 105 Å². The smallest absolute Gasteiger partial charge is 0.159 e. The monoisotopic (exact) mass is 329 g/mol.